The van der Waals surface area contributed by atoms with Crippen LogP contribution in [0.3, 0.4) is 0 Å². The third-order valence-electron chi connectivity index (χ3n) is 2.74. The molecular weight excluding hydrogens is 264 g/mol. The van der Waals surface area contributed by atoms with E-state index in [9.17, 15) is 4.79 Å². The Kier molecular flexibility index (Phi) is 4.37. The Balaban J connectivity index is 2.04. The SMILES string of the molecule is CC(C)CC(CN)NC(=O)c1cc2sccc2s1. The zero-order valence-corrected chi connectivity index (χ0v) is 12.2. The van der Waals surface area contributed by atoms with Crippen molar-refractivity contribution in [2.24, 2.45) is 11.7 Å². The fraction of sp³-hybridized carbons (Fsp3) is 0.462. The highest BCUT2D eigenvalue weighted by atomic mass is 32.1. The fourth-order valence-corrected chi connectivity index (χ4v) is 3.93. The molecule has 3 nitrogen and oxygen atoms in total. The molecule has 3 N–H and O–H groups in total. The summed E-state index contributed by atoms with van der Waals surface area (Å²) in [6, 6.07) is 4.08. The van der Waals surface area contributed by atoms with Crippen molar-refractivity contribution in [2.75, 3.05) is 6.54 Å². The van der Waals surface area contributed by atoms with E-state index in [-0.39, 0.29) is 11.9 Å². The van der Waals surface area contributed by atoms with Crippen molar-refractivity contribution in [3.63, 3.8) is 0 Å². The normalized spacial score (nSPS) is 13.1. The minimum Gasteiger partial charge on any atom is -0.347 e. The molecule has 1 unspecified atom stereocenters. The number of carbonyl (C=O) groups excluding carboxylic acids is 1. The molecule has 2 rings (SSSR count). The predicted molar refractivity (Wildman–Crippen MR) is 79.5 cm³/mol. The van der Waals surface area contributed by atoms with Crippen molar-refractivity contribution in [1.29, 1.82) is 0 Å². The lowest BCUT2D eigenvalue weighted by Gasteiger charge is -2.18. The summed E-state index contributed by atoms with van der Waals surface area (Å²) in [6.45, 7) is 4.76. The summed E-state index contributed by atoms with van der Waals surface area (Å²) in [5.74, 6) is 0.533. The second-order valence-electron chi connectivity index (χ2n) is 4.80. The topological polar surface area (TPSA) is 55.1 Å². The first-order chi connectivity index (χ1) is 8.60. The van der Waals surface area contributed by atoms with E-state index in [0.29, 0.717) is 12.5 Å². The number of hydrogen-bond donors (Lipinski definition) is 2. The van der Waals surface area contributed by atoms with Gasteiger partial charge in [-0.3, -0.25) is 4.79 Å². The molecule has 0 aliphatic rings. The molecule has 0 bridgehead atoms. The first-order valence-electron chi connectivity index (χ1n) is 6.08. The highest BCUT2D eigenvalue weighted by Gasteiger charge is 2.16. The molecule has 1 amide bonds. The maximum Gasteiger partial charge on any atom is 0.261 e. The third kappa shape index (κ3) is 3.10. The Morgan fingerprint density at radius 3 is 2.83 bits per heavy atom. The maximum atomic E-state index is 12.1. The molecule has 98 valence electrons. The van der Waals surface area contributed by atoms with E-state index in [1.165, 1.54) is 9.40 Å². The number of thiophene rings is 2. The number of nitrogens with two attached hydrogens (primary N) is 1. The van der Waals surface area contributed by atoms with Gasteiger partial charge in [-0.15, -0.1) is 22.7 Å². The third-order valence-corrected chi connectivity index (χ3v) is 4.83. The Bertz CT molecular complexity index is 501. The van der Waals surface area contributed by atoms with Crippen LogP contribution < -0.4 is 11.1 Å². The van der Waals surface area contributed by atoms with Gasteiger partial charge in [-0.2, -0.15) is 0 Å². The molecule has 0 aliphatic heterocycles. The van der Waals surface area contributed by atoms with Crippen molar-refractivity contribution in [1.82, 2.24) is 5.32 Å². The van der Waals surface area contributed by atoms with Crippen molar-refractivity contribution in [2.45, 2.75) is 26.3 Å². The molecule has 0 spiro atoms. The van der Waals surface area contributed by atoms with E-state index < -0.39 is 0 Å². The van der Waals surface area contributed by atoms with Gasteiger partial charge < -0.3 is 11.1 Å². The minimum absolute atomic E-state index is 0.000463. The number of amides is 1. The average Bonchev–Trinajstić information content (AvgIpc) is 2.87. The van der Waals surface area contributed by atoms with Gasteiger partial charge in [0.15, 0.2) is 0 Å². The molecule has 2 aromatic rings. The molecule has 2 heterocycles. The van der Waals surface area contributed by atoms with Gasteiger partial charge in [0.2, 0.25) is 0 Å². The smallest absolute Gasteiger partial charge is 0.261 e. The average molecular weight is 282 g/mol. The van der Waals surface area contributed by atoms with Gasteiger partial charge in [-0.05, 0) is 29.9 Å². The van der Waals surface area contributed by atoms with Crippen LogP contribution in [0.15, 0.2) is 17.5 Å². The van der Waals surface area contributed by atoms with Crippen molar-refractivity contribution < 1.29 is 4.79 Å². The molecule has 0 aromatic carbocycles. The largest absolute Gasteiger partial charge is 0.347 e. The summed E-state index contributed by atoms with van der Waals surface area (Å²) >= 11 is 3.21. The lowest BCUT2D eigenvalue weighted by molar-refractivity contribution is 0.0938. The summed E-state index contributed by atoms with van der Waals surface area (Å²) in [6.07, 6.45) is 0.919. The van der Waals surface area contributed by atoms with Gasteiger partial charge in [0.05, 0.1) is 4.88 Å². The van der Waals surface area contributed by atoms with E-state index in [2.05, 4.69) is 25.2 Å². The van der Waals surface area contributed by atoms with E-state index in [0.717, 1.165) is 11.3 Å². The molecule has 2 aromatic heterocycles. The zero-order chi connectivity index (χ0) is 13.1. The van der Waals surface area contributed by atoms with Crippen LogP contribution in [0.25, 0.3) is 9.40 Å². The fourth-order valence-electron chi connectivity index (χ4n) is 1.92. The van der Waals surface area contributed by atoms with Crippen LogP contribution in [-0.4, -0.2) is 18.5 Å². The monoisotopic (exact) mass is 282 g/mol. The lowest BCUT2D eigenvalue weighted by Crippen LogP contribution is -2.40. The number of nitrogens with one attached hydrogen (secondary N) is 1. The molecule has 0 saturated carbocycles. The van der Waals surface area contributed by atoms with Crippen LogP contribution in [0.5, 0.6) is 0 Å². The highest BCUT2D eigenvalue weighted by Crippen LogP contribution is 2.29. The number of fused-ring (bicyclic) bond motifs is 1. The van der Waals surface area contributed by atoms with Crippen LogP contribution in [0.2, 0.25) is 0 Å². The molecule has 0 aliphatic carbocycles. The maximum absolute atomic E-state index is 12.1. The van der Waals surface area contributed by atoms with Gasteiger partial charge in [-0.1, -0.05) is 13.8 Å². The second kappa shape index (κ2) is 5.82. The van der Waals surface area contributed by atoms with E-state index in [1.54, 1.807) is 22.7 Å². The summed E-state index contributed by atoms with van der Waals surface area (Å²) in [5, 5.41) is 5.06. The van der Waals surface area contributed by atoms with Crippen molar-refractivity contribution >= 4 is 38.0 Å². The van der Waals surface area contributed by atoms with Crippen molar-refractivity contribution in [3.8, 4) is 0 Å². The van der Waals surface area contributed by atoms with Gasteiger partial charge in [0.1, 0.15) is 0 Å². The molecule has 0 saturated heterocycles. The Hall–Kier alpha value is -0.910. The molecule has 18 heavy (non-hydrogen) atoms. The summed E-state index contributed by atoms with van der Waals surface area (Å²) < 4.78 is 2.36. The van der Waals surface area contributed by atoms with E-state index in [1.807, 2.05) is 11.4 Å². The highest BCUT2D eigenvalue weighted by molar-refractivity contribution is 7.27. The van der Waals surface area contributed by atoms with Crippen LogP contribution in [0.4, 0.5) is 0 Å². The predicted octanol–water partition coefficient (Wildman–Crippen LogP) is 3.07. The van der Waals surface area contributed by atoms with Gasteiger partial charge >= 0.3 is 0 Å². The Morgan fingerprint density at radius 1 is 1.44 bits per heavy atom. The molecule has 1 atom stereocenters. The minimum atomic E-state index is -0.000463. The van der Waals surface area contributed by atoms with E-state index >= 15 is 0 Å². The first kappa shape index (κ1) is 13.5. The summed E-state index contributed by atoms with van der Waals surface area (Å²) in [7, 11) is 0. The van der Waals surface area contributed by atoms with Gasteiger partial charge in [0, 0.05) is 22.0 Å². The van der Waals surface area contributed by atoms with Crippen molar-refractivity contribution in [3.05, 3.63) is 22.4 Å². The Labute approximate surface area is 115 Å². The number of hydrogen-bond acceptors (Lipinski definition) is 4. The van der Waals surface area contributed by atoms with Crippen LogP contribution in [0, 0.1) is 5.92 Å². The first-order valence-corrected chi connectivity index (χ1v) is 7.77. The Morgan fingerprint density at radius 2 is 2.22 bits per heavy atom. The second-order valence-corrected chi connectivity index (χ2v) is 6.83. The van der Waals surface area contributed by atoms with E-state index in [4.69, 9.17) is 5.73 Å². The summed E-state index contributed by atoms with van der Waals surface area (Å²) in [4.78, 5) is 12.9. The lowest BCUT2D eigenvalue weighted by atomic mass is 10.0. The summed E-state index contributed by atoms with van der Waals surface area (Å²) in [5.41, 5.74) is 5.69. The van der Waals surface area contributed by atoms with Crippen LogP contribution in [0.1, 0.15) is 29.9 Å². The zero-order valence-electron chi connectivity index (χ0n) is 10.6. The van der Waals surface area contributed by atoms with Crippen LogP contribution in [-0.2, 0) is 0 Å². The quantitative estimate of drug-likeness (QED) is 0.885. The number of rotatable bonds is 5. The molecule has 0 fully saturated rings. The van der Waals surface area contributed by atoms with Gasteiger partial charge in [-0.25, -0.2) is 0 Å². The van der Waals surface area contributed by atoms with Gasteiger partial charge in [0.25, 0.3) is 5.91 Å². The molecule has 0 radical (unpaired) electrons. The molecule has 5 heteroatoms. The van der Waals surface area contributed by atoms with Crippen LogP contribution >= 0.6 is 22.7 Å². The standard InChI is InChI=1S/C13H18N2OS2/c1-8(2)5-9(7-14)15-13(16)12-6-11-10(18-12)3-4-17-11/h3-4,6,8-9H,5,7,14H2,1-2H3,(H,15,16). The number of carbonyl (C=O) groups is 1. The molecular formula is C13H18N2OS2.